The molecule has 184 valence electrons. The van der Waals surface area contributed by atoms with Gasteiger partial charge in [0, 0.05) is 23.0 Å². The SMILES string of the molecule is COc1cnc(C(=O)N2Cc3nc(NC(=O)c4cnc(C)cc4-c4cc(Cl)ncc4OC)sc3C2)o1. The smallest absolute Gasteiger partial charge is 0.310 e. The van der Waals surface area contributed by atoms with Crippen LogP contribution in [0.15, 0.2) is 35.1 Å². The molecule has 36 heavy (non-hydrogen) atoms. The number of ether oxygens (including phenoxy) is 2. The van der Waals surface area contributed by atoms with E-state index in [2.05, 4.69) is 25.3 Å². The quantitative estimate of drug-likeness (QED) is 0.370. The Balaban J connectivity index is 1.35. The van der Waals surface area contributed by atoms with Gasteiger partial charge in [-0.05, 0) is 19.1 Å². The lowest BCUT2D eigenvalue weighted by atomic mass is 10.0. The molecule has 11 nitrogen and oxygen atoms in total. The number of hydrogen-bond acceptors (Lipinski definition) is 10. The van der Waals surface area contributed by atoms with E-state index in [1.165, 1.54) is 44.1 Å². The van der Waals surface area contributed by atoms with Gasteiger partial charge in [-0.15, -0.1) is 0 Å². The summed E-state index contributed by atoms with van der Waals surface area (Å²) >= 11 is 7.41. The molecule has 1 N–H and O–H groups in total. The normalized spacial score (nSPS) is 12.4. The maximum absolute atomic E-state index is 13.2. The first-order valence-corrected chi connectivity index (χ1v) is 11.8. The van der Waals surface area contributed by atoms with E-state index in [1.54, 1.807) is 17.0 Å². The number of oxazole rings is 1. The molecule has 0 saturated heterocycles. The number of nitrogens with one attached hydrogen (secondary N) is 1. The van der Waals surface area contributed by atoms with Gasteiger partial charge in [-0.25, -0.2) is 15.0 Å². The van der Waals surface area contributed by atoms with Crippen molar-refractivity contribution in [1.82, 2.24) is 24.8 Å². The first-order chi connectivity index (χ1) is 17.4. The van der Waals surface area contributed by atoms with Crippen LogP contribution in [0.25, 0.3) is 11.1 Å². The second kappa shape index (κ2) is 9.55. The third-order valence-corrected chi connectivity index (χ3v) is 6.66. The highest BCUT2D eigenvalue weighted by Crippen LogP contribution is 2.35. The highest BCUT2D eigenvalue weighted by atomic mass is 35.5. The summed E-state index contributed by atoms with van der Waals surface area (Å²) in [6, 6.07) is 3.42. The molecule has 0 bridgehead atoms. The summed E-state index contributed by atoms with van der Waals surface area (Å²) in [5, 5.41) is 3.53. The number of fused-ring (bicyclic) bond motifs is 1. The van der Waals surface area contributed by atoms with Crippen molar-refractivity contribution in [2.24, 2.45) is 0 Å². The maximum Gasteiger partial charge on any atom is 0.310 e. The molecule has 1 aliphatic rings. The first kappa shape index (κ1) is 23.7. The molecule has 2 amide bonds. The number of aromatic nitrogens is 4. The fraction of sp³-hybridized carbons (Fsp3) is 0.217. The van der Waals surface area contributed by atoms with Crippen LogP contribution >= 0.6 is 22.9 Å². The van der Waals surface area contributed by atoms with Crippen LogP contribution < -0.4 is 14.8 Å². The summed E-state index contributed by atoms with van der Waals surface area (Å²) < 4.78 is 15.6. The molecule has 0 saturated carbocycles. The molecule has 4 aromatic rings. The van der Waals surface area contributed by atoms with E-state index in [0.29, 0.717) is 39.8 Å². The molecular formula is C23H19ClN6O5S. The number of anilines is 1. The summed E-state index contributed by atoms with van der Waals surface area (Å²) in [6.45, 7) is 2.43. The second-order valence-electron chi connectivity index (χ2n) is 7.77. The Kier molecular flexibility index (Phi) is 6.29. The van der Waals surface area contributed by atoms with Gasteiger partial charge in [-0.3, -0.25) is 19.9 Å². The van der Waals surface area contributed by atoms with Crippen LogP contribution in [-0.4, -0.2) is 50.9 Å². The van der Waals surface area contributed by atoms with Crippen molar-refractivity contribution in [3.63, 3.8) is 0 Å². The number of rotatable bonds is 6. The molecular weight excluding hydrogens is 508 g/mol. The number of carbonyl (C=O) groups is 2. The van der Waals surface area contributed by atoms with E-state index in [1.807, 2.05) is 6.92 Å². The van der Waals surface area contributed by atoms with Crippen molar-refractivity contribution < 1.29 is 23.5 Å². The topological polar surface area (TPSA) is 133 Å². The number of methoxy groups -OCH3 is 2. The highest BCUT2D eigenvalue weighted by Gasteiger charge is 2.31. The number of hydrogen-bond donors (Lipinski definition) is 1. The van der Waals surface area contributed by atoms with Crippen LogP contribution in [0.1, 0.15) is 37.3 Å². The van der Waals surface area contributed by atoms with E-state index < -0.39 is 0 Å². The summed E-state index contributed by atoms with van der Waals surface area (Å²) in [6.07, 6.45) is 4.34. The lowest BCUT2D eigenvalue weighted by molar-refractivity contribution is 0.0704. The Morgan fingerprint density at radius 3 is 2.64 bits per heavy atom. The van der Waals surface area contributed by atoms with E-state index in [-0.39, 0.29) is 35.3 Å². The van der Waals surface area contributed by atoms with Crippen LogP contribution in [0.3, 0.4) is 0 Å². The van der Waals surface area contributed by atoms with Crippen LogP contribution in [0, 0.1) is 6.92 Å². The van der Waals surface area contributed by atoms with Gasteiger partial charge in [0.1, 0.15) is 17.1 Å². The van der Waals surface area contributed by atoms with Crippen LogP contribution in [0.5, 0.6) is 11.7 Å². The van der Waals surface area contributed by atoms with Gasteiger partial charge in [0.25, 0.3) is 11.8 Å². The number of carbonyl (C=O) groups excluding carboxylic acids is 2. The molecule has 0 aromatic carbocycles. The average molecular weight is 527 g/mol. The van der Waals surface area contributed by atoms with Gasteiger partial charge in [0.2, 0.25) is 0 Å². The van der Waals surface area contributed by atoms with Crippen molar-refractivity contribution in [3.05, 3.63) is 63.6 Å². The monoisotopic (exact) mass is 526 g/mol. The van der Waals surface area contributed by atoms with Gasteiger partial charge < -0.3 is 18.8 Å². The Hall–Kier alpha value is -4.03. The Morgan fingerprint density at radius 1 is 1.08 bits per heavy atom. The predicted octanol–water partition coefficient (Wildman–Crippen LogP) is 3.98. The van der Waals surface area contributed by atoms with Gasteiger partial charge in [-0.2, -0.15) is 0 Å². The summed E-state index contributed by atoms with van der Waals surface area (Å²) in [5.41, 5.74) is 2.96. The van der Waals surface area contributed by atoms with Crippen molar-refractivity contribution in [3.8, 4) is 22.8 Å². The number of amides is 2. The molecule has 5 heterocycles. The minimum atomic E-state index is -0.389. The Morgan fingerprint density at radius 2 is 1.92 bits per heavy atom. The van der Waals surface area contributed by atoms with Crippen molar-refractivity contribution >= 4 is 39.9 Å². The minimum absolute atomic E-state index is 0.0541. The summed E-state index contributed by atoms with van der Waals surface area (Å²) in [4.78, 5) is 45.1. The molecule has 4 aromatic heterocycles. The van der Waals surface area contributed by atoms with E-state index >= 15 is 0 Å². The molecule has 0 fully saturated rings. The molecule has 0 aliphatic carbocycles. The zero-order chi connectivity index (χ0) is 25.4. The van der Waals surface area contributed by atoms with Crippen LogP contribution in [0.2, 0.25) is 5.15 Å². The van der Waals surface area contributed by atoms with Crippen molar-refractivity contribution in [1.29, 1.82) is 0 Å². The highest BCUT2D eigenvalue weighted by molar-refractivity contribution is 7.16. The second-order valence-corrected chi connectivity index (χ2v) is 9.24. The number of nitrogens with zero attached hydrogens (tertiary/aromatic N) is 5. The third kappa shape index (κ3) is 4.48. The van der Waals surface area contributed by atoms with E-state index in [0.717, 1.165) is 10.6 Å². The average Bonchev–Trinajstić information content (AvgIpc) is 3.58. The predicted molar refractivity (Wildman–Crippen MR) is 130 cm³/mol. The van der Waals surface area contributed by atoms with Gasteiger partial charge in [0.05, 0.1) is 49.6 Å². The zero-order valence-electron chi connectivity index (χ0n) is 19.4. The molecule has 1 aliphatic heterocycles. The van der Waals surface area contributed by atoms with Gasteiger partial charge >= 0.3 is 11.9 Å². The number of pyridine rings is 2. The summed E-state index contributed by atoms with van der Waals surface area (Å²) in [5.74, 6) is -0.177. The minimum Gasteiger partial charge on any atom is -0.494 e. The van der Waals surface area contributed by atoms with E-state index in [4.69, 9.17) is 25.5 Å². The molecule has 5 rings (SSSR count). The third-order valence-electron chi connectivity index (χ3n) is 5.46. The number of halogens is 1. The molecule has 0 unspecified atom stereocenters. The van der Waals surface area contributed by atoms with Crippen LogP contribution in [0.4, 0.5) is 5.13 Å². The Labute approximate surface area is 214 Å². The number of aryl methyl sites for hydroxylation is 1. The standard InChI is InChI=1S/C23H19ClN6O5S/c1-11-4-12(13-5-18(24)26-7-16(13)33-2)14(6-25-11)20(31)29-23-28-15-9-30(10-17(15)36-23)22(32)21-27-8-19(34-3)35-21/h4-8H,9-10H2,1-3H3,(H,28,29,31). The van der Waals surface area contributed by atoms with Crippen molar-refractivity contribution in [2.45, 2.75) is 20.0 Å². The fourth-order valence-corrected chi connectivity index (χ4v) is 4.88. The largest absolute Gasteiger partial charge is 0.494 e. The summed E-state index contributed by atoms with van der Waals surface area (Å²) in [7, 11) is 2.95. The van der Waals surface area contributed by atoms with E-state index in [9.17, 15) is 9.59 Å². The fourth-order valence-electron chi connectivity index (χ4n) is 3.74. The Bertz CT molecular complexity index is 1460. The lowest BCUT2D eigenvalue weighted by Crippen LogP contribution is -2.25. The molecule has 0 spiro atoms. The lowest BCUT2D eigenvalue weighted by Gasteiger charge is -2.14. The van der Waals surface area contributed by atoms with Crippen molar-refractivity contribution in [2.75, 3.05) is 19.5 Å². The molecule has 0 atom stereocenters. The first-order valence-electron chi connectivity index (χ1n) is 10.6. The van der Waals surface area contributed by atoms with Gasteiger partial charge in [-0.1, -0.05) is 22.9 Å². The van der Waals surface area contributed by atoms with Gasteiger partial charge in [0.15, 0.2) is 5.13 Å². The maximum atomic E-state index is 13.2. The van der Waals surface area contributed by atoms with Crippen LogP contribution in [-0.2, 0) is 13.1 Å². The molecule has 0 radical (unpaired) electrons. The molecule has 13 heteroatoms. The number of thiazole rings is 1. The zero-order valence-corrected chi connectivity index (χ0v) is 20.9.